The molecule has 0 atom stereocenters. The van der Waals surface area contributed by atoms with Crippen molar-refractivity contribution in [1.29, 1.82) is 0 Å². The number of likely N-dealkylation sites (tertiary alicyclic amines) is 1. The zero-order valence-corrected chi connectivity index (χ0v) is 19.7. The first-order chi connectivity index (χ1) is 16.1. The molecule has 5 nitrogen and oxygen atoms in total. The molecule has 3 aromatic rings. The molecule has 170 valence electrons. The summed E-state index contributed by atoms with van der Waals surface area (Å²) < 4.78 is 0. The minimum Gasteiger partial charge on any atom is -0.357 e. The maximum absolute atomic E-state index is 4.72. The molecule has 1 aliphatic heterocycles. The van der Waals surface area contributed by atoms with Crippen LogP contribution in [0.3, 0.4) is 0 Å². The lowest BCUT2D eigenvalue weighted by molar-refractivity contribution is 0.248. The highest BCUT2D eigenvalue weighted by Crippen LogP contribution is 2.30. The Hall–Kier alpha value is -3.44. The molecule has 1 aliphatic rings. The van der Waals surface area contributed by atoms with Gasteiger partial charge in [0.25, 0.3) is 0 Å². The summed E-state index contributed by atoms with van der Waals surface area (Å²) in [7, 11) is 0. The van der Waals surface area contributed by atoms with Crippen molar-refractivity contribution < 1.29 is 0 Å². The summed E-state index contributed by atoms with van der Waals surface area (Å²) in [4.78, 5) is 10.7. The van der Waals surface area contributed by atoms with Crippen LogP contribution in [0.2, 0.25) is 0 Å². The number of piperidine rings is 1. The molecule has 0 radical (unpaired) electrons. The minimum atomic E-state index is 0.895. The fraction of sp³-hybridized carbons (Fsp3) is 0.286. The lowest BCUT2D eigenvalue weighted by Gasteiger charge is -2.26. The summed E-state index contributed by atoms with van der Waals surface area (Å²) in [6.07, 6.45) is 17.8. The SMILES string of the molecule is C=C/C=C\c1cc(-c2n[nH]c3cnc(C(/C=C(\C=C)CN4CCCCC4)=C/C)cc23)[nH]c1C. The van der Waals surface area contributed by atoms with Gasteiger partial charge >= 0.3 is 0 Å². The highest BCUT2D eigenvalue weighted by atomic mass is 15.1. The zero-order chi connectivity index (χ0) is 23.2. The zero-order valence-electron chi connectivity index (χ0n) is 19.7. The molecule has 4 rings (SSSR count). The lowest BCUT2D eigenvalue weighted by atomic mass is 10.0. The van der Waals surface area contributed by atoms with Crippen LogP contribution >= 0.6 is 0 Å². The third kappa shape index (κ3) is 5.15. The van der Waals surface area contributed by atoms with Crippen LogP contribution in [0.1, 0.15) is 43.1 Å². The first-order valence-electron chi connectivity index (χ1n) is 11.7. The quantitative estimate of drug-likeness (QED) is 0.396. The molecule has 0 bridgehead atoms. The summed E-state index contributed by atoms with van der Waals surface area (Å²) in [5.74, 6) is 0. The average Bonchev–Trinajstić information content (AvgIpc) is 3.43. The van der Waals surface area contributed by atoms with Gasteiger partial charge in [-0.2, -0.15) is 5.10 Å². The average molecular weight is 440 g/mol. The number of hydrogen-bond acceptors (Lipinski definition) is 3. The van der Waals surface area contributed by atoms with Gasteiger partial charge in [0, 0.05) is 17.6 Å². The Balaban J connectivity index is 1.66. The van der Waals surface area contributed by atoms with Gasteiger partial charge in [-0.3, -0.25) is 15.0 Å². The number of nitrogens with zero attached hydrogens (tertiary/aromatic N) is 3. The van der Waals surface area contributed by atoms with Crippen LogP contribution in [0.25, 0.3) is 33.9 Å². The van der Waals surface area contributed by atoms with Crippen molar-refractivity contribution in [2.24, 2.45) is 0 Å². The number of nitrogens with one attached hydrogen (secondary N) is 2. The van der Waals surface area contributed by atoms with Crippen molar-refractivity contribution in [3.05, 3.63) is 84.4 Å². The van der Waals surface area contributed by atoms with E-state index in [0.717, 1.165) is 51.4 Å². The van der Waals surface area contributed by atoms with E-state index in [4.69, 9.17) is 4.98 Å². The van der Waals surface area contributed by atoms with E-state index >= 15 is 0 Å². The van der Waals surface area contributed by atoms with Gasteiger partial charge in [0.2, 0.25) is 0 Å². The maximum atomic E-state index is 4.72. The summed E-state index contributed by atoms with van der Waals surface area (Å²) in [6.45, 7) is 15.2. The van der Waals surface area contributed by atoms with Crippen LogP contribution in [0.15, 0.2) is 67.4 Å². The Labute approximate surface area is 196 Å². The van der Waals surface area contributed by atoms with Crippen LogP contribution in [-0.4, -0.2) is 44.7 Å². The number of fused-ring (bicyclic) bond motifs is 1. The Bertz CT molecular complexity index is 1230. The van der Waals surface area contributed by atoms with E-state index in [9.17, 15) is 0 Å². The van der Waals surface area contributed by atoms with E-state index in [2.05, 4.69) is 71.4 Å². The summed E-state index contributed by atoms with van der Waals surface area (Å²) in [6, 6.07) is 4.24. The largest absolute Gasteiger partial charge is 0.357 e. The van der Waals surface area contributed by atoms with Gasteiger partial charge in [-0.15, -0.1) is 0 Å². The summed E-state index contributed by atoms with van der Waals surface area (Å²) in [5.41, 5.74) is 8.26. The Morgan fingerprint density at radius 3 is 2.73 bits per heavy atom. The minimum absolute atomic E-state index is 0.895. The number of allylic oxidation sites excluding steroid dienone is 5. The highest BCUT2D eigenvalue weighted by molar-refractivity contribution is 5.94. The molecule has 0 aromatic carbocycles. The number of H-pyrrole nitrogens is 2. The van der Waals surface area contributed by atoms with Gasteiger partial charge in [0.1, 0.15) is 5.69 Å². The molecule has 0 unspecified atom stereocenters. The first kappa shape index (κ1) is 22.7. The van der Waals surface area contributed by atoms with Crippen LogP contribution in [-0.2, 0) is 0 Å². The number of aryl methyl sites for hydroxylation is 1. The second kappa shape index (κ2) is 10.5. The fourth-order valence-corrected chi connectivity index (χ4v) is 4.38. The molecule has 0 aliphatic carbocycles. The van der Waals surface area contributed by atoms with Crippen LogP contribution < -0.4 is 0 Å². The van der Waals surface area contributed by atoms with Crippen LogP contribution in [0.5, 0.6) is 0 Å². The van der Waals surface area contributed by atoms with E-state index in [1.165, 1.54) is 37.9 Å². The Morgan fingerprint density at radius 2 is 2.00 bits per heavy atom. The monoisotopic (exact) mass is 439 g/mol. The Kier molecular flexibility index (Phi) is 7.20. The molecule has 4 heterocycles. The third-order valence-corrected chi connectivity index (χ3v) is 6.23. The molecule has 0 saturated carbocycles. The van der Waals surface area contributed by atoms with E-state index in [-0.39, 0.29) is 0 Å². The normalized spacial score (nSPS) is 16.1. The number of rotatable bonds is 8. The molecule has 5 heteroatoms. The standard InChI is InChI=1S/C28H33N5/c1-5-8-12-23-16-26(30-20(23)4)28-24-17-25(29-18-27(24)31-32-28)22(7-3)15-21(6-2)19-33-13-10-9-11-14-33/h5-8,12,15-18,30H,1-2,9-11,13-14,19H2,3-4H3,(H,31,32)/b12-8-,21-15+,22-7+. The van der Waals surface area contributed by atoms with Crippen molar-refractivity contribution in [1.82, 2.24) is 25.1 Å². The van der Waals surface area contributed by atoms with Crippen LogP contribution in [0.4, 0.5) is 0 Å². The summed E-state index contributed by atoms with van der Waals surface area (Å²) >= 11 is 0. The van der Waals surface area contributed by atoms with E-state index in [1.54, 1.807) is 6.08 Å². The fourth-order valence-electron chi connectivity index (χ4n) is 4.38. The lowest BCUT2D eigenvalue weighted by Crippen LogP contribution is -2.31. The molecular formula is C28H33N5. The van der Waals surface area contributed by atoms with E-state index in [1.807, 2.05) is 24.4 Å². The molecule has 33 heavy (non-hydrogen) atoms. The van der Waals surface area contributed by atoms with Crippen molar-refractivity contribution in [3.8, 4) is 11.4 Å². The highest BCUT2D eigenvalue weighted by Gasteiger charge is 2.15. The van der Waals surface area contributed by atoms with Crippen molar-refractivity contribution >= 4 is 22.6 Å². The maximum Gasteiger partial charge on any atom is 0.116 e. The predicted octanol–water partition coefficient (Wildman–Crippen LogP) is 6.46. The molecule has 3 aromatic heterocycles. The van der Waals surface area contributed by atoms with Gasteiger partial charge in [0.05, 0.1) is 23.1 Å². The van der Waals surface area contributed by atoms with E-state index in [0.29, 0.717) is 0 Å². The van der Waals surface area contributed by atoms with Gasteiger partial charge in [0.15, 0.2) is 0 Å². The second-order valence-electron chi connectivity index (χ2n) is 8.55. The van der Waals surface area contributed by atoms with Gasteiger partial charge in [-0.25, -0.2) is 0 Å². The number of aromatic amines is 2. The van der Waals surface area contributed by atoms with Gasteiger partial charge in [-0.1, -0.05) is 50.0 Å². The second-order valence-corrected chi connectivity index (χ2v) is 8.55. The van der Waals surface area contributed by atoms with Crippen LogP contribution in [0, 0.1) is 6.92 Å². The van der Waals surface area contributed by atoms with Gasteiger partial charge < -0.3 is 4.98 Å². The number of hydrogen-bond donors (Lipinski definition) is 2. The molecule has 1 fully saturated rings. The van der Waals surface area contributed by atoms with Gasteiger partial charge in [-0.05, 0) is 74.7 Å². The van der Waals surface area contributed by atoms with Crippen molar-refractivity contribution in [2.75, 3.05) is 19.6 Å². The number of aromatic nitrogens is 4. The molecule has 1 saturated heterocycles. The topological polar surface area (TPSA) is 60.6 Å². The van der Waals surface area contributed by atoms with Crippen molar-refractivity contribution in [2.45, 2.75) is 33.1 Å². The molecule has 0 spiro atoms. The van der Waals surface area contributed by atoms with E-state index < -0.39 is 0 Å². The molecule has 2 N–H and O–H groups in total. The first-order valence-corrected chi connectivity index (χ1v) is 11.7. The van der Waals surface area contributed by atoms with Crippen molar-refractivity contribution in [3.63, 3.8) is 0 Å². The number of pyridine rings is 1. The Morgan fingerprint density at radius 1 is 1.18 bits per heavy atom. The smallest absolute Gasteiger partial charge is 0.116 e. The molecular weight excluding hydrogens is 406 g/mol. The summed E-state index contributed by atoms with van der Waals surface area (Å²) in [5, 5.41) is 8.75. The third-order valence-electron chi connectivity index (χ3n) is 6.23. The molecule has 0 amide bonds. The predicted molar refractivity (Wildman–Crippen MR) is 140 cm³/mol.